The van der Waals surface area contributed by atoms with Gasteiger partial charge in [-0.25, -0.2) is 0 Å². The minimum absolute atomic E-state index is 0.109. The lowest BCUT2D eigenvalue weighted by Gasteiger charge is -2.04. The maximum Gasteiger partial charge on any atom is 0.161 e. The average molecular weight is 243 g/mol. The van der Waals surface area contributed by atoms with Crippen LogP contribution in [0, 0.1) is 0 Å². The van der Waals surface area contributed by atoms with Crippen molar-refractivity contribution in [2.24, 2.45) is 0 Å². The molecule has 18 heavy (non-hydrogen) atoms. The van der Waals surface area contributed by atoms with E-state index in [0.29, 0.717) is 0 Å². The fraction of sp³-hybridized carbons (Fsp3) is 0.267. The Labute approximate surface area is 107 Å². The molecule has 0 N–H and O–H groups in total. The summed E-state index contributed by atoms with van der Waals surface area (Å²) in [5.41, 5.74) is 2.03. The number of benzene rings is 1. The number of hydrogen-bond acceptors (Lipinski definition) is 2. The molecule has 0 fully saturated rings. The summed E-state index contributed by atoms with van der Waals surface area (Å²) in [6.45, 7) is 2.46. The van der Waals surface area contributed by atoms with E-state index < -0.39 is 0 Å². The number of aromatic nitrogens is 1. The van der Waals surface area contributed by atoms with Crippen LogP contribution in [-0.2, 0) is 13.0 Å². The number of carbonyl (C=O) groups is 1. The Bertz CT molecular complexity index is 526. The van der Waals surface area contributed by atoms with Gasteiger partial charge in [0.2, 0.25) is 0 Å². The summed E-state index contributed by atoms with van der Waals surface area (Å²) in [6, 6.07) is 9.91. The lowest BCUT2D eigenvalue weighted by atomic mass is 10.1. The van der Waals surface area contributed by atoms with Crippen molar-refractivity contribution in [1.82, 2.24) is 4.57 Å². The van der Waals surface area contributed by atoms with Crippen molar-refractivity contribution in [3.8, 4) is 5.75 Å². The number of carbonyl (C=O) groups excluding carboxylic acids is 1. The first-order valence-corrected chi connectivity index (χ1v) is 5.98. The number of rotatable bonds is 5. The first kappa shape index (κ1) is 12.4. The Morgan fingerprint density at radius 1 is 1.22 bits per heavy atom. The highest BCUT2D eigenvalue weighted by Gasteiger charge is 2.01. The number of ether oxygens (including phenoxy) is 1. The topological polar surface area (TPSA) is 31.2 Å². The molecule has 1 aromatic heterocycles. The third kappa shape index (κ3) is 3.00. The summed E-state index contributed by atoms with van der Waals surface area (Å²) in [5.74, 6) is 0.983. The molecule has 1 aromatic carbocycles. The molecule has 0 atom stereocenters. The van der Waals surface area contributed by atoms with E-state index in [1.807, 2.05) is 35.2 Å². The van der Waals surface area contributed by atoms with Crippen LogP contribution in [-0.4, -0.2) is 17.5 Å². The van der Waals surface area contributed by atoms with Gasteiger partial charge in [0, 0.05) is 24.5 Å². The minimum Gasteiger partial charge on any atom is -0.497 e. The molecule has 3 nitrogen and oxygen atoms in total. The van der Waals surface area contributed by atoms with Gasteiger partial charge < -0.3 is 9.30 Å². The first-order valence-electron chi connectivity index (χ1n) is 5.98. The van der Waals surface area contributed by atoms with Gasteiger partial charge in [0.05, 0.1) is 7.11 Å². The molecule has 0 unspecified atom stereocenters. The zero-order valence-corrected chi connectivity index (χ0v) is 10.7. The Morgan fingerprint density at radius 2 is 1.94 bits per heavy atom. The van der Waals surface area contributed by atoms with Gasteiger partial charge >= 0.3 is 0 Å². The van der Waals surface area contributed by atoms with Gasteiger partial charge in [-0.1, -0.05) is 12.1 Å². The van der Waals surface area contributed by atoms with Crippen molar-refractivity contribution in [2.45, 2.75) is 19.9 Å². The molecule has 0 amide bonds. The molecule has 0 aliphatic rings. The minimum atomic E-state index is 0.109. The van der Waals surface area contributed by atoms with E-state index in [-0.39, 0.29) is 5.78 Å². The van der Waals surface area contributed by atoms with Gasteiger partial charge in [-0.2, -0.15) is 0 Å². The summed E-state index contributed by atoms with van der Waals surface area (Å²) in [7, 11) is 1.66. The van der Waals surface area contributed by atoms with E-state index in [1.165, 1.54) is 5.56 Å². The summed E-state index contributed by atoms with van der Waals surface area (Å²) >= 11 is 0. The molecule has 3 heteroatoms. The van der Waals surface area contributed by atoms with Crippen molar-refractivity contribution in [2.75, 3.05) is 7.11 Å². The largest absolute Gasteiger partial charge is 0.497 e. The molecule has 0 radical (unpaired) electrons. The second-order valence-corrected chi connectivity index (χ2v) is 4.29. The Balaban J connectivity index is 1.95. The third-order valence-electron chi connectivity index (χ3n) is 2.97. The molecule has 0 saturated carbocycles. The van der Waals surface area contributed by atoms with Gasteiger partial charge in [-0.15, -0.1) is 0 Å². The number of aryl methyl sites for hydroxylation is 2. The van der Waals surface area contributed by atoms with Gasteiger partial charge in [0.25, 0.3) is 0 Å². The van der Waals surface area contributed by atoms with E-state index in [0.717, 1.165) is 24.3 Å². The van der Waals surface area contributed by atoms with Crippen LogP contribution in [0.25, 0.3) is 0 Å². The molecule has 0 bridgehead atoms. The number of methoxy groups -OCH3 is 1. The van der Waals surface area contributed by atoms with Crippen LogP contribution in [0.5, 0.6) is 5.75 Å². The lowest BCUT2D eigenvalue weighted by molar-refractivity contribution is 0.101. The molecule has 0 aliphatic heterocycles. The molecule has 94 valence electrons. The summed E-state index contributed by atoms with van der Waals surface area (Å²) in [4.78, 5) is 11.2. The van der Waals surface area contributed by atoms with Crippen LogP contribution in [0.15, 0.2) is 42.7 Å². The monoisotopic (exact) mass is 243 g/mol. The summed E-state index contributed by atoms with van der Waals surface area (Å²) < 4.78 is 7.16. The Hall–Kier alpha value is -2.03. The number of ketones is 1. The van der Waals surface area contributed by atoms with E-state index in [4.69, 9.17) is 4.74 Å². The molecule has 2 aromatic rings. The highest BCUT2D eigenvalue weighted by Crippen LogP contribution is 2.12. The van der Waals surface area contributed by atoms with Crippen LogP contribution in [0.3, 0.4) is 0 Å². The van der Waals surface area contributed by atoms with Crippen LogP contribution in [0.4, 0.5) is 0 Å². The van der Waals surface area contributed by atoms with Crippen LogP contribution in [0.1, 0.15) is 22.8 Å². The molecule has 0 saturated heterocycles. The fourth-order valence-electron chi connectivity index (χ4n) is 1.84. The van der Waals surface area contributed by atoms with Gasteiger partial charge in [-0.3, -0.25) is 4.79 Å². The van der Waals surface area contributed by atoms with E-state index >= 15 is 0 Å². The zero-order chi connectivity index (χ0) is 13.0. The highest BCUT2D eigenvalue weighted by molar-refractivity contribution is 5.93. The SMILES string of the molecule is COc1ccc(CCn2ccc(C(C)=O)c2)cc1. The zero-order valence-electron chi connectivity index (χ0n) is 10.7. The Kier molecular flexibility index (Phi) is 3.82. The van der Waals surface area contributed by atoms with Gasteiger partial charge in [0.15, 0.2) is 5.78 Å². The molecule has 0 spiro atoms. The molecule has 0 aliphatic carbocycles. The third-order valence-corrected chi connectivity index (χ3v) is 2.97. The molecule has 2 rings (SSSR count). The predicted octanol–water partition coefficient (Wildman–Crippen LogP) is 2.94. The second-order valence-electron chi connectivity index (χ2n) is 4.29. The lowest BCUT2D eigenvalue weighted by Crippen LogP contribution is -1.99. The number of hydrogen-bond donors (Lipinski definition) is 0. The normalized spacial score (nSPS) is 10.3. The van der Waals surface area contributed by atoms with Crippen molar-refractivity contribution in [1.29, 1.82) is 0 Å². The van der Waals surface area contributed by atoms with Crippen molar-refractivity contribution in [3.63, 3.8) is 0 Å². The first-order chi connectivity index (χ1) is 8.69. The van der Waals surface area contributed by atoms with Crippen molar-refractivity contribution >= 4 is 5.78 Å². The highest BCUT2D eigenvalue weighted by atomic mass is 16.5. The summed E-state index contributed by atoms with van der Waals surface area (Å²) in [6.07, 6.45) is 4.78. The van der Waals surface area contributed by atoms with Crippen LogP contribution < -0.4 is 4.74 Å². The van der Waals surface area contributed by atoms with Crippen LogP contribution >= 0.6 is 0 Å². The van der Waals surface area contributed by atoms with Crippen molar-refractivity contribution in [3.05, 3.63) is 53.9 Å². The van der Waals surface area contributed by atoms with Gasteiger partial charge in [0.1, 0.15) is 5.75 Å². The maximum absolute atomic E-state index is 11.2. The maximum atomic E-state index is 11.2. The van der Waals surface area contributed by atoms with E-state index in [1.54, 1.807) is 14.0 Å². The van der Waals surface area contributed by atoms with Gasteiger partial charge in [-0.05, 0) is 37.1 Å². The van der Waals surface area contributed by atoms with E-state index in [9.17, 15) is 4.79 Å². The second kappa shape index (κ2) is 5.54. The van der Waals surface area contributed by atoms with Crippen LogP contribution in [0.2, 0.25) is 0 Å². The molecule has 1 heterocycles. The number of Topliss-reactive ketones (excluding diaryl/α,β-unsaturated/α-hetero) is 1. The van der Waals surface area contributed by atoms with E-state index in [2.05, 4.69) is 12.1 Å². The smallest absolute Gasteiger partial charge is 0.161 e. The predicted molar refractivity (Wildman–Crippen MR) is 71.1 cm³/mol. The molecular formula is C15H17NO2. The average Bonchev–Trinajstić information content (AvgIpc) is 2.86. The summed E-state index contributed by atoms with van der Waals surface area (Å²) in [5, 5.41) is 0. The van der Waals surface area contributed by atoms with Crippen molar-refractivity contribution < 1.29 is 9.53 Å². The molecular weight excluding hydrogens is 226 g/mol. The Morgan fingerprint density at radius 3 is 2.50 bits per heavy atom. The quantitative estimate of drug-likeness (QED) is 0.756. The number of nitrogens with zero attached hydrogens (tertiary/aromatic N) is 1. The standard InChI is InChI=1S/C15H17NO2/c1-12(17)14-8-10-16(11-14)9-7-13-3-5-15(18-2)6-4-13/h3-6,8,10-11H,7,9H2,1-2H3. The fourth-order valence-corrected chi connectivity index (χ4v) is 1.84.